The predicted octanol–water partition coefficient (Wildman–Crippen LogP) is -0.263. The summed E-state index contributed by atoms with van der Waals surface area (Å²) in [5.41, 5.74) is 0.690. The number of hydrogen-bond acceptors (Lipinski definition) is 6. The molecule has 0 aromatic carbocycles. The van der Waals surface area contributed by atoms with Crippen LogP contribution in [0.15, 0.2) is 0 Å². The summed E-state index contributed by atoms with van der Waals surface area (Å²) in [6.45, 7) is 0.688. The van der Waals surface area contributed by atoms with Gasteiger partial charge in [0, 0.05) is 27.1 Å². The number of nitrogens with zero attached hydrogens (tertiary/aromatic N) is 3. The molecule has 8 heteroatoms. The zero-order valence-electron chi connectivity index (χ0n) is 11.3. The highest BCUT2D eigenvalue weighted by Gasteiger charge is 2.20. The first-order valence-electron chi connectivity index (χ1n) is 5.84. The van der Waals surface area contributed by atoms with Crippen molar-refractivity contribution in [1.29, 1.82) is 0 Å². The number of nitrogens with one attached hydrogen (secondary N) is 1. The van der Waals surface area contributed by atoms with Crippen LogP contribution in [0.4, 0.5) is 0 Å². The summed E-state index contributed by atoms with van der Waals surface area (Å²) in [5, 5.41) is 10.2. The van der Waals surface area contributed by atoms with Gasteiger partial charge in [-0.2, -0.15) is 0 Å². The fraction of sp³-hybridized carbons (Fsp3) is 0.636. The predicted molar refractivity (Wildman–Crippen MR) is 65.4 cm³/mol. The number of methoxy groups -OCH3 is 2. The Kier molecular flexibility index (Phi) is 5.94. The number of hydrogen-bond donors (Lipinski definition) is 1. The molecule has 1 aromatic heterocycles. The molecule has 106 valence electrons. The summed E-state index contributed by atoms with van der Waals surface area (Å²) in [4.78, 5) is 22.6. The molecule has 0 saturated carbocycles. The molecule has 8 nitrogen and oxygen atoms in total. The molecule has 1 heterocycles. The van der Waals surface area contributed by atoms with Gasteiger partial charge in [-0.1, -0.05) is 5.21 Å². The number of ether oxygens (including phenoxy) is 2. The topological polar surface area (TPSA) is 95.3 Å². The van der Waals surface area contributed by atoms with Gasteiger partial charge in [0.1, 0.15) is 0 Å². The molecule has 19 heavy (non-hydrogen) atoms. The first kappa shape index (κ1) is 15.1. The molecule has 0 aliphatic heterocycles. The summed E-state index contributed by atoms with van der Waals surface area (Å²) in [6.07, 6.45) is 0.983. The summed E-state index contributed by atoms with van der Waals surface area (Å²) in [7, 11) is 4.38. The number of carbonyl (C=O) groups is 2. The van der Waals surface area contributed by atoms with E-state index < -0.39 is 5.97 Å². The van der Waals surface area contributed by atoms with E-state index in [9.17, 15) is 9.59 Å². The fourth-order valence-electron chi connectivity index (χ4n) is 1.56. The van der Waals surface area contributed by atoms with Crippen molar-refractivity contribution >= 4 is 11.9 Å². The van der Waals surface area contributed by atoms with Crippen LogP contribution in [0.2, 0.25) is 0 Å². The van der Waals surface area contributed by atoms with Gasteiger partial charge < -0.3 is 14.8 Å². The van der Waals surface area contributed by atoms with Crippen molar-refractivity contribution in [2.24, 2.45) is 0 Å². The van der Waals surface area contributed by atoms with Crippen LogP contribution >= 0.6 is 0 Å². The minimum atomic E-state index is -0.551. The van der Waals surface area contributed by atoms with Gasteiger partial charge in [-0.25, -0.2) is 9.48 Å². The molecule has 0 unspecified atom stereocenters. The Labute approximate surface area is 111 Å². The maximum atomic E-state index is 11.5. The first-order chi connectivity index (χ1) is 9.13. The van der Waals surface area contributed by atoms with Gasteiger partial charge in [-0.05, 0) is 6.42 Å². The summed E-state index contributed by atoms with van der Waals surface area (Å²) in [5.74, 6) is -0.591. The number of amides is 1. The molecular formula is C11H18N4O4. The van der Waals surface area contributed by atoms with Crippen molar-refractivity contribution < 1.29 is 19.1 Å². The Bertz CT molecular complexity index is 444. The summed E-state index contributed by atoms with van der Waals surface area (Å²) >= 11 is 0. The van der Waals surface area contributed by atoms with E-state index in [1.807, 2.05) is 0 Å². The molecule has 0 spiro atoms. The van der Waals surface area contributed by atoms with E-state index in [1.165, 1.54) is 14.2 Å². The van der Waals surface area contributed by atoms with E-state index in [0.717, 1.165) is 0 Å². The van der Waals surface area contributed by atoms with E-state index in [1.54, 1.807) is 11.7 Å². The van der Waals surface area contributed by atoms with E-state index in [2.05, 4.69) is 20.4 Å². The van der Waals surface area contributed by atoms with Crippen LogP contribution in [0.1, 0.15) is 29.0 Å². The summed E-state index contributed by atoms with van der Waals surface area (Å²) < 4.78 is 11.2. The molecule has 0 aliphatic rings. The average molecular weight is 270 g/mol. The molecule has 1 rings (SSSR count). The number of aromatic nitrogens is 3. The van der Waals surface area contributed by atoms with E-state index in [0.29, 0.717) is 25.1 Å². The van der Waals surface area contributed by atoms with E-state index >= 15 is 0 Å². The Morgan fingerprint density at radius 1 is 1.37 bits per heavy atom. The Morgan fingerprint density at radius 2 is 2.11 bits per heavy atom. The highest BCUT2D eigenvalue weighted by atomic mass is 16.5. The van der Waals surface area contributed by atoms with Crippen molar-refractivity contribution in [3.05, 3.63) is 11.4 Å². The standard InChI is InChI=1S/C11H18N4O4/c1-12-9(16)5-4-6-15-8(7-18-2)10(13-14-15)11(17)19-3/h4-7H2,1-3H3,(H,12,16). The minimum absolute atomic E-state index is 0.0402. The molecule has 0 bridgehead atoms. The van der Waals surface area contributed by atoms with Crippen LogP contribution in [0, 0.1) is 0 Å². The van der Waals surface area contributed by atoms with Crippen LogP contribution in [0.3, 0.4) is 0 Å². The average Bonchev–Trinajstić information content (AvgIpc) is 2.81. The van der Waals surface area contributed by atoms with Gasteiger partial charge in [-0.3, -0.25) is 4.79 Å². The van der Waals surface area contributed by atoms with Crippen LogP contribution in [-0.4, -0.2) is 48.1 Å². The van der Waals surface area contributed by atoms with Crippen molar-refractivity contribution in [2.45, 2.75) is 26.0 Å². The van der Waals surface area contributed by atoms with Crippen LogP contribution < -0.4 is 5.32 Å². The number of esters is 1. The molecule has 1 aromatic rings. The fourth-order valence-corrected chi connectivity index (χ4v) is 1.56. The van der Waals surface area contributed by atoms with Gasteiger partial charge in [-0.15, -0.1) is 5.10 Å². The second kappa shape index (κ2) is 7.47. The third-order valence-corrected chi connectivity index (χ3v) is 2.55. The smallest absolute Gasteiger partial charge is 0.360 e. The Hall–Kier alpha value is -1.96. The number of carbonyl (C=O) groups excluding carboxylic acids is 2. The van der Waals surface area contributed by atoms with Crippen molar-refractivity contribution in [3.63, 3.8) is 0 Å². The van der Waals surface area contributed by atoms with Gasteiger partial charge in [0.15, 0.2) is 5.69 Å². The van der Waals surface area contributed by atoms with E-state index in [4.69, 9.17) is 4.74 Å². The lowest BCUT2D eigenvalue weighted by molar-refractivity contribution is -0.120. The maximum absolute atomic E-state index is 11.5. The maximum Gasteiger partial charge on any atom is 0.360 e. The monoisotopic (exact) mass is 270 g/mol. The van der Waals surface area contributed by atoms with E-state index in [-0.39, 0.29) is 18.2 Å². The SMILES string of the molecule is CNC(=O)CCCn1nnc(C(=O)OC)c1COC. The number of rotatable bonds is 7. The lowest BCUT2D eigenvalue weighted by atomic mass is 10.2. The molecule has 0 fully saturated rings. The molecular weight excluding hydrogens is 252 g/mol. The van der Waals surface area contributed by atoms with Crippen LogP contribution in [0.25, 0.3) is 0 Å². The largest absolute Gasteiger partial charge is 0.464 e. The lowest BCUT2D eigenvalue weighted by Crippen LogP contribution is -2.18. The number of aryl methyl sites for hydroxylation is 1. The zero-order valence-corrected chi connectivity index (χ0v) is 11.3. The van der Waals surface area contributed by atoms with Gasteiger partial charge in [0.2, 0.25) is 5.91 Å². The molecule has 1 N–H and O–H groups in total. The molecule has 0 atom stereocenters. The quantitative estimate of drug-likeness (QED) is 0.686. The normalized spacial score (nSPS) is 10.3. The summed E-state index contributed by atoms with van der Waals surface area (Å²) in [6, 6.07) is 0. The Balaban J connectivity index is 2.74. The van der Waals surface area contributed by atoms with Crippen LogP contribution in [0.5, 0.6) is 0 Å². The van der Waals surface area contributed by atoms with Crippen molar-refractivity contribution in [2.75, 3.05) is 21.3 Å². The van der Waals surface area contributed by atoms with Crippen molar-refractivity contribution in [3.8, 4) is 0 Å². The molecule has 0 aliphatic carbocycles. The molecule has 0 saturated heterocycles. The van der Waals surface area contributed by atoms with Gasteiger partial charge in [0.05, 0.1) is 19.4 Å². The van der Waals surface area contributed by atoms with Crippen molar-refractivity contribution in [1.82, 2.24) is 20.3 Å². The highest BCUT2D eigenvalue weighted by molar-refractivity contribution is 5.88. The zero-order chi connectivity index (χ0) is 14.3. The first-order valence-corrected chi connectivity index (χ1v) is 5.84. The minimum Gasteiger partial charge on any atom is -0.464 e. The third-order valence-electron chi connectivity index (χ3n) is 2.55. The molecule has 0 radical (unpaired) electrons. The third kappa shape index (κ3) is 4.02. The van der Waals surface area contributed by atoms with Gasteiger partial charge in [0.25, 0.3) is 0 Å². The Morgan fingerprint density at radius 3 is 2.68 bits per heavy atom. The molecule has 1 amide bonds. The van der Waals surface area contributed by atoms with Gasteiger partial charge >= 0.3 is 5.97 Å². The van der Waals surface area contributed by atoms with Crippen LogP contribution in [-0.2, 0) is 27.4 Å². The highest BCUT2D eigenvalue weighted by Crippen LogP contribution is 2.09. The second-order valence-corrected chi connectivity index (χ2v) is 3.81. The lowest BCUT2D eigenvalue weighted by Gasteiger charge is -2.06. The second-order valence-electron chi connectivity index (χ2n) is 3.81.